The first kappa shape index (κ1) is 21.8. The summed E-state index contributed by atoms with van der Waals surface area (Å²) in [5, 5.41) is 3.09. The molecular weight excluding hydrogens is 457 g/mol. The molecule has 0 amide bonds. The third kappa shape index (κ3) is 4.40. The molecule has 0 bridgehead atoms. The molecule has 0 saturated heterocycles. The smallest absolute Gasteiger partial charge is 0.306 e. The molecule has 5 rings (SSSR count). The number of sulfone groups is 1. The highest BCUT2D eigenvalue weighted by atomic mass is 32.2. The zero-order valence-corrected chi connectivity index (χ0v) is 18.7. The Morgan fingerprint density at radius 3 is 2.59 bits per heavy atom. The molecule has 1 N–H and O–H groups in total. The second kappa shape index (κ2) is 9.06. The maximum atomic E-state index is 13.4. The second-order valence-corrected chi connectivity index (χ2v) is 9.66. The second-order valence-electron chi connectivity index (χ2n) is 7.55. The van der Waals surface area contributed by atoms with Gasteiger partial charge in [0.2, 0.25) is 5.95 Å². The zero-order chi connectivity index (χ0) is 23.5. The minimum atomic E-state index is -3.35. The molecule has 0 fully saturated rings. The first-order valence-electron chi connectivity index (χ1n) is 10.6. The number of halogens is 1. The Kier molecular flexibility index (Phi) is 5.81. The van der Waals surface area contributed by atoms with E-state index < -0.39 is 9.84 Å². The summed E-state index contributed by atoms with van der Waals surface area (Å²) in [5.41, 5.74) is 2.57. The highest BCUT2D eigenvalue weighted by molar-refractivity contribution is 7.91. The molecule has 34 heavy (non-hydrogen) atoms. The summed E-state index contributed by atoms with van der Waals surface area (Å²) < 4.78 is 45.5. The predicted octanol–water partition coefficient (Wildman–Crippen LogP) is 4.47. The maximum absolute atomic E-state index is 13.4. The minimum Gasteiger partial charge on any atom is -0.432 e. The number of aromatic nitrogens is 4. The van der Waals surface area contributed by atoms with Crippen molar-refractivity contribution in [2.75, 3.05) is 17.6 Å². The van der Waals surface area contributed by atoms with E-state index in [9.17, 15) is 12.8 Å². The fourth-order valence-corrected chi connectivity index (χ4v) is 4.96. The van der Waals surface area contributed by atoms with Crippen LogP contribution in [0.25, 0.3) is 28.5 Å². The highest BCUT2D eigenvalue weighted by Crippen LogP contribution is 2.32. The Balaban J connectivity index is 1.35. The van der Waals surface area contributed by atoms with E-state index in [1.807, 2.05) is 0 Å². The standard InChI is InChI=1S/C24H20FN5O3S/c25-18-9-7-17(8-10-18)21-22(30-14-15-33-24(30)29-21)20-11-13-27-23(28-20)26-12-4-16-34(31,32)19-5-2-1-3-6-19/h1-3,5-11,13-15H,4,12,16H2,(H,26,27,28). The molecule has 5 aromatic rings. The van der Waals surface area contributed by atoms with Crippen molar-refractivity contribution in [1.82, 2.24) is 19.4 Å². The molecule has 0 unspecified atom stereocenters. The number of nitrogens with one attached hydrogen (secondary N) is 1. The fraction of sp³-hybridized carbons (Fsp3) is 0.125. The van der Waals surface area contributed by atoms with E-state index >= 15 is 0 Å². The SMILES string of the molecule is O=S(=O)(CCCNc1nccc(-c2c(-c3ccc(F)cc3)nc3occn23)n1)c1ccccc1. The molecule has 8 nitrogen and oxygen atoms in total. The van der Waals surface area contributed by atoms with Crippen molar-refractivity contribution in [1.29, 1.82) is 0 Å². The van der Waals surface area contributed by atoms with Crippen LogP contribution in [0.15, 0.2) is 88.6 Å². The minimum absolute atomic E-state index is 0.0106. The lowest BCUT2D eigenvalue weighted by molar-refractivity contribution is 0.593. The van der Waals surface area contributed by atoms with Crippen molar-refractivity contribution >= 4 is 21.6 Å². The number of oxazole rings is 1. The van der Waals surface area contributed by atoms with Gasteiger partial charge in [0.05, 0.1) is 16.3 Å². The van der Waals surface area contributed by atoms with Crippen molar-refractivity contribution in [3.05, 3.63) is 85.1 Å². The van der Waals surface area contributed by atoms with E-state index in [1.165, 1.54) is 18.4 Å². The number of hydrogen-bond acceptors (Lipinski definition) is 7. The average molecular weight is 478 g/mol. The normalized spacial score (nSPS) is 11.7. The number of hydrogen-bond donors (Lipinski definition) is 1. The fourth-order valence-electron chi connectivity index (χ4n) is 3.62. The van der Waals surface area contributed by atoms with E-state index in [0.29, 0.717) is 46.7 Å². The Bertz CT molecular complexity index is 1530. The summed E-state index contributed by atoms with van der Waals surface area (Å²) in [6.07, 6.45) is 5.26. The van der Waals surface area contributed by atoms with Gasteiger partial charge >= 0.3 is 5.84 Å². The number of anilines is 1. The van der Waals surface area contributed by atoms with Gasteiger partial charge in [0.1, 0.15) is 23.5 Å². The van der Waals surface area contributed by atoms with Gasteiger partial charge in [-0.25, -0.2) is 22.8 Å². The van der Waals surface area contributed by atoms with Gasteiger partial charge in [-0.2, -0.15) is 4.98 Å². The molecule has 172 valence electrons. The average Bonchev–Trinajstić information content (AvgIpc) is 3.45. The third-order valence-corrected chi connectivity index (χ3v) is 7.07. The van der Waals surface area contributed by atoms with E-state index in [4.69, 9.17) is 4.42 Å². The Morgan fingerprint density at radius 1 is 1.00 bits per heavy atom. The molecule has 3 heterocycles. The summed E-state index contributed by atoms with van der Waals surface area (Å²) in [4.78, 5) is 13.7. The lowest BCUT2D eigenvalue weighted by atomic mass is 10.1. The summed E-state index contributed by atoms with van der Waals surface area (Å²) in [7, 11) is -3.35. The number of imidazole rings is 1. The molecule has 0 aliphatic heterocycles. The first-order valence-corrected chi connectivity index (χ1v) is 12.2. The van der Waals surface area contributed by atoms with E-state index in [1.54, 1.807) is 65.3 Å². The van der Waals surface area contributed by atoms with Crippen molar-refractivity contribution < 1.29 is 17.2 Å². The monoisotopic (exact) mass is 477 g/mol. The predicted molar refractivity (Wildman–Crippen MR) is 125 cm³/mol. The van der Waals surface area contributed by atoms with E-state index in [-0.39, 0.29) is 11.6 Å². The van der Waals surface area contributed by atoms with Crippen molar-refractivity contribution in [2.24, 2.45) is 0 Å². The maximum Gasteiger partial charge on any atom is 0.306 e. The molecule has 0 radical (unpaired) electrons. The van der Waals surface area contributed by atoms with Crippen LogP contribution in [0.4, 0.5) is 10.3 Å². The topological polar surface area (TPSA) is 102 Å². The van der Waals surface area contributed by atoms with Crippen molar-refractivity contribution in [3.8, 4) is 22.6 Å². The first-order chi connectivity index (χ1) is 16.5. The third-order valence-electron chi connectivity index (χ3n) is 5.25. The van der Waals surface area contributed by atoms with Gasteiger partial charge < -0.3 is 9.73 Å². The van der Waals surface area contributed by atoms with Crippen LogP contribution in [-0.2, 0) is 9.84 Å². The molecule has 0 aliphatic rings. The van der Waals surface area contributed by atoms with Gasteiger partial charge in [0, 0.05) is 24.5 Å². The zero-order valence-electron chi connectivity index (χ0n) is 17.9. The van der Waals surface area contributed by atoms with Crippen LogP contribution in [0.1, 0.15) is 6.42 Å². The van der Waals surface area contributed by atoms with Gasteiger partial charge in [-0.15, -0.1) is 0 Å². The molecule has 0 saturated carbocycles. The number of benzene rings is 2. The van der Waals surface area contributed by atoms with Crippen molar-refractivity contribution in [2.45, 2.75) is 11.3 Å². The van der Waals surface area contributed by atoms with Gasteiger partial charge in [-0.3, -0.25) is 4.40 Å². The van der Waals surface area contributed by atoms with E-state index in [2.05, 4.69) is 20.3 Å². The number of rotatable bonds is 8. The van der Waals surface area contributed by atoms with Gasteiger partial charge in [-0.05, 0) is 48.9 Å². The van der Waals surface area contributed by atoms with Crippen LogP contribution < -0.4 is 5.32 Å². The molecule has 0 aliphatic carbocycles. The van der Waals surface area contributed by atoms with Crippen molar-refractivity contribution in [3.63, 3.8) is 0 Å². The van der Waals surface area contributed by atoms with Gasteiger partial charge in [-0.1, -0.05) is 18.2 Å². The quantitative estimate of drug-likeness (QED) is 0.329. The highest BCUT2D eigenvalue weighted by Gasteiger charge is 2.19. The summed E-state index contributed by atoms with van der Waals surface area (Å²) in [6, 6.07) is 16.2. The molecule has 0 atom stereocenters. The Labute approximate surface area is 195 Å². The molecule has 2 aromatic carbocycles. The Hall–Kier alpha value is -4.05. The molecule has 3 aromatic heterocycles. The van der Waals surface area contributed by atoms with Crippen LogP contribution in [0.5, 0.6) is 0 Å². The summed E-state index contributed by atoms with van der Waals surface area (Å²) in [6.45, 7) is 0.383. The molecule has 0 spiro atoms. The molecular formula is C24H20FN5O3S. The lowest BCUT2D eigenvalue weighted by Crippen LogP contribution is -2.13. The van der Waals surface area contributed by atoms with Crippen LogP contribution in [0, 0.1) is 5.82 Å². The van der Waals surface area contributed by atoms with Crippen LogP contribution in [0.3, 0.4) is 0 Å². The van der Waals surface area contributed by atoms with Crippen LogP contribution in [0.2, 0.25) is 0 Å². The summed E-state index contributed by atoms with van der Waals surface area (Å²) in [5.74, 6) is 0.416. The van der Waals surface area contributed by atoms with Crippen LogP contribution in [-0.4, -0.2) is 40.1 Å². The number of fused-ring (bicyclic) bond motifs is 1. The Morgan fingerprint density at radius 2 is 1.79 bits per heavy atom. The lowest BCUT2D eigenvalue weighted by Gasteiger charge is -2.08. The summed E-state index contributed by atoms with van der Waals surface area (Å²) >= 11 is 0. The van der Waals surface area contributed by atoms with Gasteiger partial charge in [0.15, 0.2) is 9.84 Å². The molecule has 10 heteroatoms. The largest absolute Gasteiger partial charge is 0.432 e. The van der Waals surface area contributed by atoms with Gasteiger partial charge in [0.25, 0.3) is 0 Å². The number of nitrogens with zero attached hydrogens (tertiary/aromatic N) is 4. The van der Waals surface area contributed by atoms with Crippen LogP contribution >= 0.6 is 0 Å². The van der Waals surface area contributed by atoms with E-state index in [0.717, 1.165) is 5.56 Å².